The van der Waals surface area contributed by atoms with Gasteiger partial charge < -0.3 is 62.9 Å². The Morgan fingerprint density at radius 1 is 0.938 bits per heavy atom. The quantitative estimate of drug-likeness (QED) is 0.195. The molecule has 20 atom stereocenters. The van der Waals surface area contributed by atoms with Crippen molar-refractivity contribution in [1.82, 2.24) is 5.32 Å². The highest BCUT2D eigenvalue weighted by Crippen LogP contribution is 2.47. The van der Waals surface area contributed by atoms with Crippen LogP contribution in [0.1, 0.15) is 101 Å². The van der Waals surface area contributed by atoms with Gasteiger partial charge in [0, 0.05) is 58.7 Å². The molecule has 65 heavy (non-hydrogen) atoms. The standard InChI is InChI=1S/C50H75NO14/c1-12-26(2)45-29(5)18-19-49(65-45)24-36-21-35(64-49)17-16-28(4)44(27(3)14-13-15-34-25-58-47-43(53)30(6)20-37(48(54)61-36)50(34,47)55)62-41-23-39(57-11)46(32(8)60-41)63-40-22-38(56-10)42(31(7)59-40)51-33(9)52/h13-16,18-20,26-27,29,31-32,35-47,53,55H,12,17,21-25H2,1-11H3,(H,51,52)/t26-,27-,29-,31+,32+,35+,36+,37+,38+,39+,40+,41+,42-,43-,44-,45+,46-,47+,49-,50+/m1/s1. The minimum Gasteiger partial charge on any atom is -0.462 e. The molecule has 7 rings (SSSR count). The van der Waals surface area contributed by atoms with Gasteiger partial charge in [-0.2, -0.15) is 0 Å². The fourth-order valence-electron chi connectivity index (χ4n) is 11.0. The number of carbonyl (C=O) groups is 2. The molecule has 0 aromatic carbocycles. The maximum Gasteiger partial charge on any atom is 0.316 e. The summed E-state index contributed by atoms with van der Waals surface area (Å²) in [4.78, 5) is 26.3. The van der Waals surface area contributed by atoms with Crippen molar-refractivity contribution >= 4 is 11.9 Å². The summed E-state index contributed by atoms with van der Waals surface area (Å²) in [5.41, 5.74) is 0.116. The summed E-state index contributed by atoms with van der Waals surface area (Å²) in [7, 11) is 3.27. The number of esters is 1. The molecule has 15 heteroatoms. The fraction of sp³-hybridized carbons (Fsp3) is 0.760. The molecule has 6 heterocycles. The molecular weight excluding hydrogens is 839 g/mol. The molecule has 15 nitrogen and oxygen atoms in total. The van der Waals surface area contributed by atoms with Crippen LogP contribution in [0.3, 0.4) is 0 Å². The average molecular weight is 914 g/mol. The van der Waals surface area contributed by atoms with E-state index in [9.17, 15) is 19.8 Å². The molecule has 4 fully saturated rings. The number of nitrogens with one attached hydrogen (secondary N) is 1. The highest BCUT2D eigenvalue weighted by atomic mass is 16.7. The molecule has 0 radical (unpaired) electrons. The van der Waals surface area contributed by atoms with Crippen molar-refractivity contribution < 1.29 is 67.2 Å². The second-order valence-electron chi connectivity index (χ2n) is 19.7. The van der Waals surface area contributed by atoms with E-state index < -0.39 is 84.7 Å². The van der Waals surface area contributed by atoms with Gasteiger partial charge in [0.05, 0.1) is 55.4 Å². The van der Waals surface area contributed by atoms with Crippen molar-refractivity contribution in [1.29, 1.82) is 0 Å². The number of methoxy groups -OCH3 is 2. The maximum atomic E-state index is 14.4. The van der Waals surface area contributed by atoms with Gasteiger partial charge in [-0.1, -0.05) is 70.6 Å². The number of fused-ring (bicyclic) bond motifs is 2. The molecule has 1 aliphatic carbocycles. The Hall–Kier alpha value is -2.80. The largest absolute Gasteiger partial charge is 0.462 e. The molecule has 6 aliphatic heterocycles. The second-order valence-corrected chi connectivity index (χ2v) is 19.7. The van der Waals surface area contributed by atoms with Gasteiger partial charge in [-0.3, -0.25) is 9.59 Å². The molecule has 1 amide bonds. The molecule has 7 aliphatic rings. The molecule has 0 aromatic heterocycles. The molecule has 364 valence electrons. The average Bonchev–Trinajstić information content (AvgIpc) is 3.61. The van der Waals surface area contributed by atoms with Crippen molar-refractivity contribution in [2.45, 2.75) is 198 Å². The predicted octanol–water partition coefficient (Wildman–Crippen LogP) is 5.52. The summed E-state index contributed by atoms with van der Waals surface area (Å²) in [6.07, 6.45) is 9.46. The summed E-state index contributed by atoms with van der Waals surface area (Å²) in [5, 5.41) is 26.7. The Kier molecular flexibility index (Phi) is 16.0. The van der Waals surface area contributed by atoms with Crippen LogP contribution in [-0.2, 0) is 57.0 Å². The number of allylic oxidation sites excluding steroid dienone is 2. The van der Waals surface area contributed by atoms with Crippen LogP contribution >= 0.6 is 0 Å². The van der Waals surface area contributed by atoms with Crippen LogP contribution in [0.25, 0.3) is 0 Å². The number of hydrogen-bond acceptors (Lipinski definition) is 14. The lowest BCUT2D eigenvalue weighted by atomic mass is 9.71. The molecule has 3 N–H and O–H groups in total. The lowest BCUT2D eigenvalue weighted by Gasteiger charge is -2.48. The SMILES string of the molecule is CC[C@@H](C)[C@@H]1O[C@]2(C=C[C@H]1C)C[C@@H]1C[C@H](CC=C(C)[C@H](O[C@H]3C[C@H](OC)[C@H](O[C@H]4C[C@H](OC)[C@H](NC(C)=O)[C@H](C)O4)[C@H](C)O3)[C@H](C)C=CC=C3CO[C@H]4[C@H](O)C(C)=C[C@@H](C(=O)O1)[C@@]34O)O2. The van der Waals surface area contributed by atoms with Crippen LogP contribution in [0.4, 0.5) is 0 Å². The first-order chi connectivity index (χ1) is 30.9. The maximum absolute atomic E-state index is 14.4. The van der Waals surface area contributed by atoms with Crippen LogP contribution in [0.5, 0.6) is 0 Å². The Bertz CT molecular complexity index is 1850. The van der Waals surface area contributed by atoms with E-state index in [1.165, 1.54) is 6.92 Å². The Morgan fingerprint density at radius 3 is 2.35 bits per heavy atom. The third-order valence-electron chi connectivity index (χ3n) is 14.9. The van der Waals surface area contributed by atoms with Crippen LogP contribution in [0, 0.1) is 23.7 Å². The Morgan fingerprint density at radius 2 is 1.65 bits per heavy atom. The number of hydrogen-bond donors (Lipinski definition) is 3. The number of ether oxygens (including phenoxy) is 10. The van der Waals surface area contributed by atoms with E-state index >= 15 is 0 Å². The molecule has 0 aromatic rings. The number of rotatable bonds is 9. The molecular formula is C50H75NO14. The zero-order valence-electron chi connectivity index (χ0n) is 40.2. The minimum atomic E-state index is -1.84. The summed E-state index contributed by atoms with van der Waals surface area (Å²) >= 11 is 0. The monoisotopic (exact) mass is 914 g/mol. The fourth-order valence-corrected chi connectivity index (χ4v) is 11.0. The van der Waals surface area contributed by atoms with Crippen molar-refractivity contribution in [2.24, 2.45) is 23.7 Å². The van der Waals surface area contributed by atoms with E-state index in [1.54, 1.807) is 33.3 Å². The topological polar surface area (TPSA) is 179 Å². The lowest BCUT2D eigenvalue weighted by molar-refractivity contribution is -0.311. The number of amides is 1. The molecule has 4 saturated heterocycles. The van der Waals surface area contributed by atoms with E-state index in [0.717, 1.165) is 12.0 Å². The Labute approximate surface area is 385 Å². The zero-order chi connectivity index (χ0) is 47.0. The first kappa shape index (κ1) is 50.1. The second kappa shape index (κ2) is 20.8. The van der Waals surface area contributed by atoms with E-state index in [0.29, 0.717) is 36.8 Å². The first-order valence-electron chi connectivity index (χ1n) is 23.8. The van der Waals surface area contributed by atoms with Crippen LogP contribution < -0.4 is 5.32 Å². The van der Waals surface area contributed by atoms with Crippen molar-refractivity contribution in [3.63, 3.8) is 0 Å². The summed E-state index contributed by atoms with van der Waals surface area (Å²) < 4.78 is 64.4. The highest BCUT2D eigenvalue weighted by molar-refractivity contribution is 5.78. The zero-order valence-corrected chi connectivity index (χ0v) is 40.2. The van der Waals surface area contributed by atoms with Crippen molar-refractivity contribution in [2.75, 3.05) is 20.8 Å². The third-order valence-corrected chi connectivity index (χ3v) is 14.9. The summed E-state index contributed by atoms with van der Waals surface area (Å²) in [5.74, 6) is -2.75. The van der Waals surface area contributed by atoms with Gasteiger partial charge in [0.15, 0.2) is 18.4 Å². The minimum absolute atomic E-state index is 0.0270. The molecule has 1 spiro atoms. The van der Waals surface area contributed by atoms with E-state index in [1.807, 2.05) is 39.0 Å². The lowest BCUT2D eigenvalue weighted by Crippen LogP contribution is -2.58. The van der Waals surface area contributed by atoms with Gasteiger partial charge in [0.1, 0.15) is 35.9 Å². The Balaban J connectivity index is 1.16. The summed E-state index contributed by atoms with van der Waals surface area (Å²) in [6.45, 7) is 17.7. The first-order valence-corrected chi connectivity index (χ1v) is 23.8. The van der Waals surface area contributed by atoms with Gasteiger partial charge in [-0.05, 0) is 62.8 Å². The van der Waals surface area contributed by atoms with Crippen molar-refractivity contribution in [3.05, 3.63) is 59.3 Å². The van der Waals surface area contributed by atoms with Gasteiger partial charge in [0.25, 0.3) is 0 Å². The van der Waals surface area contributed by atoms with Gasteiger partial charge in [0.2, 0.25) is 5.91 Å². The van der Waals surface area contributed by atoms with Crippen molar-refractivity contribution in [3.8, 4) is 0 Å². The van der Waals surface area contributed by atoms with Crippen LogP contribution in [0.2, 0.25) is 0 Å². The van der Waals surface area contributed by atoms with E-state index in [-0.39, 0.29) is 61.0 Å². The van der Waals surface area contributed by atoms with Gasteiger partial charge >= 0.3 is 5.97 Å². The number of carbonyl (C=O) groups excluding carboxylic acids is 2. The van der Waals surface area contributed by atoms with E-state index in [2.05, 4.69) is 45.2 Å². The highest BCUT2D eigenvalue weighted by Gasteiger charge is 2.60. The number of aliphatic hydroxyl groups excluding tert-OH is 1. The predicted molar refractivity (Wildman–Crippen MR) is 239 cm³/mol. The molecule has 0 unspecified atom stereocenters. The third kappa shape index (κ3) is 10.6. The molecule has 2 bridgehead atoms. The van der Waals surface area contributed by atoms with Gasteiger partial charge in [-0.25, -0.2) is 0 Å². The normalized spacial score (nSPS) is 45.2. The summed E-state index contributed by atoms with van der Waals surface area (Å²) in [6, 6.07) is -0.315. The van der Waals surface area contributed by atoms with Gasteiger partial charge in [-0.15, -0.1) is 0 Å². The van der Waals surface area contributed by atoms with Crippen LogP contribution in [0.15, 0.2) is 59.3 Å². The molecule has 0 saturated carbocycles. The smallest absolute Gasteiger partial charge is 0.316 e. The van der Waals surface area contributed by atoms with E-state index in [4.69, 9.17) is 47.4 Å². The van der Waals surface area contributed by atoms with Crippen LogP contribution in [-0.4, -0.2) is 140 Å². The number of aliphatic hydroxyl groups is 2.